The highest BCUT2D eigenvalue weighted by atomic mass is 15.2. The van der Waals surface area contributed by atoms with Gasteiger partial charge in [-0.25, -0.2) is 0 Å². The van der Waals surface area contributed by atoms with Crippen molar-refractivity contribution in [3.63, 3.8) is 0 Å². The first-order valence-electron chi connectivity index (χ1n) is 22.5. The molecule has 0 bridgehead atoms. The number of nitrogens with zero attached hydrogens (tertiary/aromatic N) is 2. The van der Waals surface area contributed by atoms with E-state index >= 15 is 0 Å². The lowest BCUT2D eigenvalue weighted by atomic mass is 9.79. The third-order valence-electron chi connectivity index (χ3n) is 14.2. The van der Waals surface area contributed by atoms with Crippen LogP contribution in [-0.4, -0.2) is 6.04 Å². The highest BCUT2D eigenvalue weighted by molar-refractivity contribution is 5.88. The quantitative estimate of drug-likeness (QED) is 0.158. The number of hydrogen-bond acceptors (Lipinski definition) is 2. The fraction of sp³-hybridized carbons (Fsp3) is 0.115. The predicted octanol–water partition coefficient (Wildman–Crippen LogP) is 15.9. The second-order valence-corrected chi connectivity index (χ2v) is 18.0. The number of fused-ring (bicyclic) bond motifs is 7. The number of para-hydroxylation sites is 1. The van der Waals surface area contributed by atoms with Gasteiger partial charge in [-0.1, -0.05) is 184 Å². The van der Waals surface area contributed by atoms with E-state index in [1.165, 1.54) is 101 Å². The highest BCUT2D eigenvalue weighted by Gasteiger charge is 2.41. The summed E-state index contributed by atoms with van der Waals surface area (Å²) in [6.07, 6.45) is 9.20. The van der Waals surface area contributed by atoms with E-state index in [4.69, 9.17) is 0 Å². The molecule has 8 aromatic rings. The molecule has 2 nitrogen and oxygen atoms in total. The Bertz CT molecular complexity index is 3130. The van der Waals surface area contributed by atoms with Crippen molar-refractivity contribution in [2.45, 2.75) is 44.1 Å². The smallest absolute Gasteiger partial charge is 0.0635 e. The Morgan fingerprint density at radius 2 is 1.05 bits per heavy atom. The van der Waals surface area contributed by atoms with Crippen LogP contribution in [0.25, 0.3) is 45.0 Å². The molecule has 0 saturated carbocycles. The molecular weight excluding hydrogens is 761 g/mol. The van der Waals surface area contributed by atoms with E-state index in [0.29, 0.717) is 5.92 Å². The molecule has 0 fully saturated rings. The summed E-state index contributed by atoms with van der Waals surface area (Å²) in [7, 11) is 0. The summed E-state index contributed by atoms with van der Waals surface area (Å²) in [6.45, 7) is 4.78. The van der Waals surface area contributed by atoms with E-state index in [0.717, 1.165) is 12.8 Å². The van der Waals surface area contributed by atoms with Gasteiger partial charge in [0.15, 0.2) is 0 Å². The summed E-state index contributed by atoms with van der Waals surface area (Å²) >= 11 is 0. The standard InChI is InChI=1S/C61H48N2/c1-61(2)56-22-12-10-20-53(56)54-38-37-49(40-57(54)61)62(46-31-24-42(25-32-46)41-14-4-3-5-15-41)47-33-26-44(27-34-47)50-17-8-9-18-51(50)45-28-35-48(36-29-45)63-58-23-13-11-21-55(58)60-52-19-7-6-16-43(52)30-39-59(60)63/h3-36,39-40,59-60H,37-38H2,1-2H3. The van der Waals surface area contributed by atoms with Crippen LogP contribution < -0.4 is 9.80 Å². The Labute approximate surface area is 371 Å². The normalized spacial score (nSPS) is 17.6. The van der Waals surface area contributed by atoms with Crippen LogP contribution in [0.15, 0.2) is 224 Å². The van der Waals surface area contributed by atoms with Crippen LogP contribution in [0.1, 0.15) is 60.4 Å². The largest absolute Gasteiger partial charge is 0.333 e. The first kappa shape index (κ1) is 37.4. The number of rotatable bonds is 7. The molecule has 302 valence electrons. The van der Waals surface area contributed by atoms with Gasteiger partial charge in [-0.3, -0.25) is 0 Å². The second-order valence-electron chi connectivity index (χ2n) is 18.0. The number of anilines is 4. The molecule has 2 atom stereocenters. The third-order valence-corrected chi connectivity index (χ3v) is 14.2. The molecule has 63 heavy (non-hydrogen) atoms. The van der Waals surface area contributed by atoms with E-state index in [1.807, 2.05) is 0 Å². The summed E-state index contributed by atoms with van der Waals surface area (Å²) in [6, 6.07) is 74.2. The van der Waals surface area contributed by atoms with Gasteiger partial charge in [-0.05, 0) is 134 Å². The summed E-state index contributed by atoms with van der Waals surface area (Å²) < 4.78 is 0. The fourth-order valence-corrected chi connectivity index (χ4v) is 11.1. The highest BCUT2D eigenvalue weighted by Crippen LogP contribution is 2.53. The molecule has 0 amide bonds. The Kier molecular flexibility index (Phi) is 8.83. The van der Waals surface area contributed by atoms with Gasteiger partial charge in [0.25, 0.3) is 0 Å². The molecule has 0 aromatic heterocycles. The summed E-state index contributed by atoms with van der Waals surface area (Å²) in [5, 5.41) is 0. The molecule has 12 rings (SSSR count). The molecule has 1 heterocycles. The molecule has 0 saturated heterocycles. The lowest BCUT2D eigenvalue weighted by Gasteiger charge is -2.33. The van der Waals surface area contributed by atoms with Gasteiger partial charge in [0.1, 0.15) is 0 Å². The lowest BCUT2D eigenvalue weighted by molar-refractivity contribution is 0.648. The zero-order valence-corrected chi connectivity index (χ0v) is 35.7. The predicted molar refractivity (Wildman–Crippen MR) is 265 cm³/mol. The Morgan fingerprint density at radius 1 is 0.492 bits per heavy atom. The average molecular weight is 809 g/mol. The van der Waals surface area contributed by atoms with Crippen LogP contribution >= 0.6 is 0 Å². The van der Waals surface area contributed by atoms with Gasteiger partial charge in [0.2, 0.25) is 0 Å². The minimum Gasteiger partial charge on any atom is -0.333 e. The Balaban J connectivity index is 0.882. The monoisotopic (exact) mass is 808 g/mol. The van der Waals surface area contributed by atoms with Gasteiger partial charge in [0, 0.05) is 39.8 Å². The third kappa shape index (κ3) is 6.15. The van der Waals surface area contributed by atoms with Crippen molar-refractivity contribution in [3.05, 3.63) is 251 Å². The molecule has 0 N–H and O–H groups in total. The molecule has 4 aliphatic rings. The van der Waals surface area contributed by atoms with E-state index in [1.54, 1.807) is 0 Å². The minimum atomic E-state index is -0.0489. The van der Waals surface area contributed by atoms with E-state index in [-0.39, 0.29) is 11.5 Å². The molecular formula is C61H48N2. The maximum atomic E-state index is 2.54. The maximum absolute atomic E-state index is 2.54. The number of hydrogen-bond donors (Lipinski definition) is 0. The van der Waals surface area contributed by atoms with E-state index < -0.39 is 0 Å². The van der Waals surface area contributed by atoms with Gasteiger partial charge in [0.05, 0.1) is 6.04 Å². The van der Waals surface area contributed by atoms with Gasteiger partial charge < -0.3 is 9.80 Å². The van der Waals surface area contributed by atoms with Gasteiger partial charge in [-0.2, -0.15) is 0 Å². The van der Waals surface area contributed by atoms with E-state index in [9.17, 15) is 0 Å². The zero-order chi connectivity index (χ0) is 42.1. The minimum absolute atomic E-state index is 0.0489. The van der Waals surface area contributed by atoms with Crippen molar-refractivity contribution in [1.29, 1.82) is 0 Å². The van der Waals surface area contributed by atoms with Crippen molar-refractivity contribution < 1.29 is 0 Å². The molecule has 2 unspecified atom stereocenters. The van der Waals surface area contributed by atoms with Crippen molar-refractivity contribution in [2.24, 2.45) is 0 Å². The maximum Gasteiger partial charge on any atom is 0.0635 e. The van der Waals surface area contributed by atoms with Crippen LogP contribution in [0.4, 0.5) is 22.7 Å². The lowest BCUT2D eigenvalue weighted by Crippen LogP contribution is -2.30. The van der Waals surface area contributed by atoms with Crippen LogP contribution in [0.3, 0.4) is 0 Å². The zero-order valence-electron chi connectivity index (χ0n) is 35.7. The summed E-state index contributed by atoms with van der Waals surface area (Å²) in [4.78, 5) is 5.03. The van der Waals surface area contributed by atoms with Gasteiger partial charge in [-0.15, -0.1) is 0 Å². The fourth-order valence-electron chi connectivity index (χ4n) is 11.1. The number of benzene rings is 8. The Hall–Kier alpha value is -7.42. The van der Waals surface area contributed by atoms with Crippen molar-refractivity contribution in [2.75, 3.05) is 9.80 Å². The van der Waals surface area contributed by atoms with E-state index in [2.05, 4.69) is 242 Å². The molecule has 1 aliphatic heterocycles. The average Bonchev–Trinajstić information content (AvgIpc) is 3.81. The molecule has 3 aliphatic carbocycles. The van der Waals surface area contributed by atoms with Crippen molar-refractivity contribution in [1.82, 2.24) is 0 Å². The first-order valence-corrected chi connectivity index (χ1v) is 22.5. The second kappa shape index (κ2) is 14.9. The SMILES string of the molecule is CC1(C)C2=C(CCC(N(c3ccc(-c4ccccc4)cc3)c3ccc(-c4ccccc4-c4ccc(N5c6ccccc6C6c7ccccc7C=CC65)cc4)cc3)=C2)c2ccccc21. The van der Waals surface area contributed by atoms with Crippen molar-refractivity contribution >= 4 is 34.4 Å². The van der Waals surface area contributed by atoms with Crippen molar-refractivity contribution in [3.8, 4) is 33.4 Å². The Morgan fingerprint density at radius 3 is 1.76 bits per heavy atom. The van der Waals surface area contributed by atoms with Crippen LogP contribution in [0.5, 0.6) is 0 Å². The molecule has 0 radical (unpaired) electrons. The number of allylic oxidation sites excluding steroid dienone is 4. The summed E-state index contributed by atoms with van der Waals surface area (Å²) in [5.74, 6) is 0.311. The van der Waals surface area contributed by atoms with Crippen LogP contribution in [0.2, 0.25) is 0 Å². The van der Waals surface area contributed by atoms with Crippen LogP contribution in [0, 0.1) is 0 Å². The molecule has 8 aromatic carbocycles. The topological polar surface area (TPSA) is 6.48 Å². The van der Waals surface area contributed by atoms with Crippen LogP contribution in [-0.2, 0) is 5.41 Å². The first-order chi connectivity index (χ1) is 31.0. The molecule has 0 spiro atoms. The molecule has 2 heteroatoms. The summed E-state index contributed by atoms with van der Waals surface area (Å²) in [5.41, 5.74) is 23.4. The van der Waals surface area contributed by atoms with Gasteiger partial charge >= 0.3 is 0 Å².